The largest absolute Gasteiger partial charge is 0.480 e. The number of alkyl halides is 3. The Bertz CT molecular complexity index is 1170. The number of carboxylic acids is 1. The molecule has 4 N–H and O–H groups in total. The number of halogens is 3. The number of rotatable bonds is 9. The van der Waals surface area contributed by atoms with Crippen LogP contribution < -0.4 is 11.1 Å². The first kappa shape index (κ1) is 26.9. The normalized spacial score (nSPS) is 13.3. The molecule has 2 atom stereocenters. The van der Waals surface area contributed by atoms with Crippen LogP contribution in [0.2, 0.25) is 0 Å². The number of carbonyl (C=O) groups excluding carboxylic acids is 1. The Kier molecular flexibility index (Phi) is 8.53. The predicted octanol–water partition coefficient (Wildman–Crippen LogP) is 5.50. The van der Waals surface area contributed by atoms with Gasteiger partial charge in [0, 0.05) is 18.0 Å². The average Bonchev–Trinajstić information content (AvgIpc) is 2.84. The van der Waals surface area contributed by atoms with Crippen LogP contribution in [0, 0.1) is 5.92 Å². The van der Waals surface area contributed by atoms with Gasteiger partial charge in [0.05, 0.1) is 5.56 Å². The zero-order valence-corrected chi connectivity index (χ0v) is 20.0. The molecule has 0 bridgehead atoms. The summed E-state index contributed by atoms with van der Waals surface area (Å²) in [6.07, 6.45) is -4.19. The van der Waals surface area contributed by atoms with Crippen LogP contribution >= 0.6 is 0 Å². The Morgan fingerprint density at radius 2 is 1.42 bits per heavy atom. The highest BCUT2D eigenvalue weighted by Gasteiger charge is 2.30. The van der Waals surface area contributed by atoms with Crippen molar-refractivity contribution in [2.75, 3.05) is 6.54 Å². The Hall–Kier alpha value is -3.65. The lowest BCUT2D eigenvalue weighted by atomic mass is 9.87. The summed E-state index contributed by atoms with van der Waals surface area (Å²) in [6.45, 7) is 4.52. The van der Waals surface area contributed by atoms with Gasteiger partial charge in [-0.05, 0) is 58.9 Å². The van der Waals surface area contributed by atoms with Gasteiger partial charge in [0.2, 0.25) is 0 Å². The molecule has 5 nitrogen and oxygen atoms in total. The molecule has 0 saturated carbocycles. The predicted molar refractivity (Wildman–Crippen MR) is 133 cm³/mol. The maximum atomic E-state index is 12.8. The molecule has 190 valence electrons. The van der Waals surface area contributed by atoms with Crippen LogP contribution in [0.5, 0.6) is 0 Å². The number of amides is 1. The molecule has 0 aliphatic heterocycles. The van der Waals surface area contributed by atoms with Gasteiger partial charge in [0.1, 0.15) is 6.04 Å². The highest BCUT2D eigenvalue weighted by atomic mass is 19.4. The summed E-state index contributed by atoms with van der Waals surface area (Å²) in [5.41, 5.74) is 8.58. The van der Waals surface area contributed by atoms with Gasteiger partial charge in [-0.1, -0.05) is 62.4 Å². The Morgan fingerprint density at radius 1 is 0.889 bits per heavy atom. The molecule has 0 fully saturated rings. The van der Waals surface area contributed by atoms with Gasteiger partial charge < -0.3 is 16.2 Å². The highest BCUT2D eigenvalue weighted by molar-refractivity contribution is 5.94. The molecule has 0 unspecified atom stereocenters. The fourth-order valence-electron chi connectivity index (χ4n) is 3.95. The molecule has 0 saturated heterocycles. The lowest BCUT2D eigenvalue weighted by Gasteiger charge is -2.22. The molecular formula is C28H29F3N2O3. The quantitative estimate of drug-likeness (QED) is 0.363. The zero-order chi connectivity index (χ0) is 26.5. The molecule has 3 rings (SSSR count). The van der Waals surface area contributed by atoms with Gasteiger partial charge in [-0.3, -0.25) is 9.59 Å². The zero-order valence-electron chi connectivity index (χ0n) is 20.0. The van der Waals surface area contributed by atoms with Crippen LogP contribution in [0.25, 0.3) is 11.1 Å². The van der Waals surface area contributed by atoms with Gasteiger partial charge in [-0.25, -0.2) is 0 Å². The first-order chi connectivity index (χ1) is 17.0. The minimum atomic E-state index is -4.37. The number of hydrogen-bond acceptors (Lipinski definition) is 3. The van der Waals surface area contributed by atoms with E-state index >= 15 is 0 Å². The van der Waals surface area contributed by atoms with E-state index in [9.17, 15) is 22.8 Å². The van der Waals surface area contributed by atoms with Crippen molar-refractivity contribution in [2.45, 2.75) is 38.4 Å². The Balaban J connectivity index is 1.64. The molecule has 0 radical (unpaired) electrons. The molecule has 0 heterocycles. The van der Waals surface area contributed by atoms with E-state index in [1.807, 2.05) is 24.3 Å². The van der Waals surface area contributed by atoms with Crippen molar-refractivity contribution in [1.29, 1.82) is 0 Å². The monoisotopic (exact) mass is 498 g/mol. The Morgan fingerprint density at radius 3 is 1.89 bits per heavy atom. The second kappa shape index (κ2) is 11.4. The summed E-state index contributed by atoms with van der Waals surface area (Å²) >= 11 is 0. The minimum absolute atomic E-state index is 0.0310. The molecule has 36 heavy (non-hydrogen) atoms. The number of nitrogens with two attached hydrogens (primary N) is 1. The smallest absolute Gasteiger partial charge is 0.416 e. The standard InChI is InChI=1S/C28H29F3N2O3/c1-17(2)24(16-33-26(34)22-5-3-18(4-6-22)15-25(32)27(35)36)21-9-7-19(8-10-21)20-11-13-23(14-12-20)28(29,30)31/h3-14,17,24-25H,15-16,32H2,1-2H3,(H,33,34)(H,35,36)/t24-,25+/m1/s1. The number of hydrogen-bond donors (Lipinski definition) is 3. The second-order valence-electron chi connectivity index (χ2n) is 9.10. The third-order valence-corrected chi connectivity index (χ3v) is 6.16. The van der Waals surface area contributed by atoms with E-state index in [-0.39, 0.29) is 24.2 Å². The van der Waals surface area contributed by atoms with E-state index in [0.29, 0.717) is 17.7 Å². The van der Waals surface area contributed by atoms with E-state index in [0.717, 1.165) is 28.8 Å². The van der Waals surface area contributed by atoms with Gasteiger partial charge in [0.25, 0.3) is 5.91 Å². The van der Waals surface area contributed by atoms with Crippen LogP contribution in [0.4, 0.5) is 13.2 Å². The topological polar surface area (TPSA) is 92.4 Å². The lowest BCUT2D eigenvalue weighted by Crippen LogP contribution is -2.32. The molecule has 0 aliphatic rings. The molecule has 0 aromatic heterocycles. The van der Waals surface area contributed by atoms with Gasteiger partial charge >= 0.3 is 12.1 Å². The molecule has 3 aromatic rings. The first-order valence-corrected chi connectivity index (χ1v) is 11.6. The van der Waals surface area contributed by atoms with E-state index in [1.54, 1.807) is 24.3 Å². The maximum absolute atomic E-state index is 12.8. The van der Waals surface area contributed by atoms with Crippen LogP contribution in [-0.4, -0.2) is 29.6 Å². The van der Waals surface area contributed by atoms with Gasteiger partial charge in [-0.2, -0.15) is 13.2 Å². The van der Waals surface area contributed by atoms with E-state index in [4.69, 9.17) is 10.8 Å². The number of carboxylic acid groups (broad SMARTS) is 1. The van der Waals surface area contributed by atoms with Crippen molar-refractivity contribution in [1.82, 2.24) is 5.32 Å². The molecular weight excluding hydrogens is 469 g/mol. The maximum Gasteiger partial charge on any atom is 0.416 e. The van der Waals surface area contributed by atoms with Crippen molar-refractivity contribution >= 4 is 11.9 Å². The summed E-state index contributed by atoms with van der Waals surface area (Å²) in [5, 5.41) is 11.9. The summed E-state index contributed by atoms with van der Waals surface area (Å²) < 4.78 is 38.4. The van der Waals surface area contributed by atoms with Crippen molar-refractivity contribution in [3.63, 3.8) is 0 Å². The van der Waals surface area contributed by atoms with E-state index < -0.39 is 23.8 Å². The summed E-state index contributed by atoms with van der Waals surface area (Å²) in [5.74, 6) is -1.06. The molecule has 0 aliphatic carbocycles. The minimum Gasteiger partial charge on any atom is -0.480 e. The van der Waals surface area contributed by atoms with Gasteiger partial charge in [0.15, 0.2) is 0 Å². The van der Waals surface area contributed by atoms with Gasteiger partial charge in [-0.15, -0.1) is 0 Å². The average molecular weight is 499 g/mol. The van der Waals surface area contributed by atoms with Crippen LogP contribution in [0.3, 0.4) is 0 Å². The third-order valence-electron chi connectivity index (χ3n) is 6.16. The van der Waals surface area contributed by atoms with E-state index in [2.05, 4.69) is 19.2 Å². The molecule has 8 heteroatoms. The van der Waals surface area contributed by atoms with Crippen LogP contribution in [0.1, 0.15) is 46.8 Å². The van der Waals surface area contributed by atoms with Crippen molar-refractivity contribution in [3.05, 3.63) is 95.1 Å². The van der Waals surface area contributed by atoms with Crippen molar-refractivity contribution < 1.29 is 27.9 Å². The van der Waals surface area contributed by atoms with Crippen LogP contribution in [0.15, 0.2) is 72.8 Å². The number of benzene rings is 3. The third kappa shape index (κ3) is 6.95. The fraction of sp³-hybridized carbons (Fsp3) is 0.286. The van der Waals surface area contributed by atoms with Crippen molar-refractivity contribution in [3.8, 4) is 11.1 Å². The number of carbonyl (C=O) groups is 2. The number of aliphatic carboxylic acids is 1. The SMILES string of the molecule is CC(C)[C@@H](CNC(=O)c1ccc(C[C@H](N)C(=O)O)cc1)c1ccc(-c2ccc(C(F)(F)F)cc2)cc1. The van der Waals surface area contributed by atoms with Crippen molar-refractivity contribution in [2.24, 2.45) is 11.7 Å². The molecule has 3 aromatic carbocycles. The summed E-state index contributed by atoms with van der Waals surface area (Å²) in [7, 11) is 0. The number of nitrogens with one attached hydrogen (secondary N) is 1. The second-order valence-corrected chi connectivity index (χ2v) is 9.10. The first-order valence-electron chi connectivity index (χ1n) is 11.6. The molecule has 1 amide bonds. The van der Waals surface area contributed by atoms with E-state index in [1.165, 1.54) is 12.1 Å². The summed E-state index contributed by atoms with van der Waals surface area (Å²) in [4.78, 5) is 23.6. The Labute approximate surface area is 208 Å². The lowest BCUT2D eigenvalue weighted by molar-refractivity contribution is -0.139. The van der Waals surface area contributed by atoms with Crippen LogP contribution in [-0.2, 0) is 17.4 Å². The highest BCUT2D eigenvalue weighted by Crippen LogP contribution is 2.32. The fourth-order valence-corrected chi connectivity index (χ4v) is 3.95. The molecule has 0 spiro atoms. The summed E-state index contributed by atoms with van der Waals surface area (Å²) in [6, 6.07) is 18.3.